The van der Waals surface area contributed by atoms with E-state index in [-0.39, 0.29) is 17.7 Å². The van der Waals surface area contributed by atoms with E-state index >= 15 is 0 Å². The predicted molar refractivity (Wildman–Crippen MR) is 138 cm³/mol. The Morgan fingerprint density at radius 1 is 0.881 bits per heavy atom. The highest BCUT2D eigenvalue weighted by molar-refractivity contribution is 7.79. The Labute approximate surface area is 234 Å². The highest BCUT2D eigenvalue weighted by Crippen LogP contribution is 2.36. The Kier molecular flexibility index (Phi) is 9.50. The van der Waals surface area contributed by atoms with Gasteiger partial charge in [0.1, 0.15) is 0 Å². The van der Waals surface area contributed by atoms with E-state index in [1.54, 1.807) is 37.5 Å². The Morgan fingerprint density at radius 2 is 1.50 bits per heavy atom. The van der Waals surface area contributed by atoms with Crippen molar-refractivity contribution in [1.29, 1.82) is 0 Å². The second kappa shape index (κ2) is 12.5. The summed E-state index contributed by atoms with van der Waals surface area (Å²) in [6.07, 6.45) is -5.35. The molecule has 0 aliphatic carbocycles. The number of hydrogen-bond donors (Lipinski definition) is 4. The number of carbonyl (C=O) groups is 1. The summed E-state index contributed by atoms with van der Waals surface area (Å²) in [5.74, 6) is -0.915. The fourth-order valence-electron chi connectivity index (χ4n) is 3.34. The van der Waals surface area contributed by atoms with Gasteiger partial charge in [0.15, 0.2) is 0 Å². The number of benzene rings is 2. The van der Waals surface area contributed by atoms with Crippen LogP contribution in [0.25, 0.3) is 11.3 Å². The third-order valence-electron chi connectivity index (χ3n) is 5.20. The smallest absolute Gasteiger partial charge is 0.324 e. The number of aryl methyl sites for hydroxylation is 1. The quantitative estimate of drug-likeness (QED) is 0.151. The molecule has 0 saturated carbocycles. The number of aromatic nitrogens is 3. The van der Waals surface area contributed by atoms with Crippen molar-refractivity contribution in [2.75, 3.05) is 10.6 Å². The van der Waals surface area contributed by atoms with Gasteiger partial charge in [0.25, 0.3) is 5.91 Å². The van der Waals surface area contributed by atoms with Crippen LogP contribution >= 0.6 is 0 Å². The van der Waals surface area contributed by atoms with Crippen LogP contribution in [0.5, 0.6) is 0 Å². The molecule has 0 unspecified atom stereocenters. The molecule has 17 heteroatoms. The van der Waals surface area contributed by atoms with Gasteiger partial charge in [-0.25, -0.2) is 9.97 Å². The molecule has 4 N–H and O–H groups in total. The van der Waals surface area contributed by atoms with E-state index in [1.165, 1.54) is 18.3 Å². The lowest BCUT2D eigenvalue weighted by molar-refractivity contribution is -0.143. The van der Waals surface area contributed by atoms with Crippen LogP contribution in [0.15, 0.2) is 73.2 Å². The Balaban J connectivity index is 0.000000892. The van der Waals surface area contributed by atoms with Crippen LogP contribution in [-0.4, -0.2) is 38.4 Å². The van der Waals surface area contributed by atoms with Gasteiger partial charge in [0.2, 0.25) is 5.95 Å². The fourth-order valence-corrected chi connectivity index (χ4v) is 3.34. The molecule has 4 aromatic rings. The third kappa shape index (κ3) is 9.50. The number of hydrogen-bond acceptors (Lipinski definition) is 7. The lowest BCUT2D eigenvalue weighted by Gasteiger charge is -2.15. The minimum absolute atomic E-state index is 0.0374. The average Bonchev–Trinajstić information content (AvgIpc) is 2.89. The first-order valence-electron chi connectivity index (χ1n) is 11.3. The monoisotopic (exact) mass is 615 g/mol. The first kappa shape index (κ1) is 31.9. The molecule has 2 heterocycles. The maximum Gasteiger partial charge on any atom is 0.416 e. The van der Waals surface area contributed by atoms with E-state index in [0.29, 0.717) is 29.1 Å². The molecule has 0 aliphatic rings. The Bertz CT molecular complexity index is 1640. The Hall–Kier alpha value is -4.61. The summed E-state index contributed by atoms with van der Waals surface area (Å²) in [4.78, 5) is 25.3. The van der Waals surface area contributed by atoms with E-state index in [0.717, 1.165) is 5.56 Å². The highest BCUT2D eigenvalue weighted by atomic mass is 32.3. The first-order chi connectivity index (χ1) is 19.4. The minimum Gasteiger partial charge on any atom is -0.324 e. The summed E-state index contributed by atoms with van der Waals surface area (Å²) in [6.45, 7) is 1.75. The van der Waals surface area contributed by atoms with Gasteiger partial charge in [-0.2, -0.15) is 34.8 Å². The van der Waals surface area contributed by atoms with Gasteiger partial charge in [-0.3, -0.25) is 18.9 Å². The number of halogens is 6. The molecule has 0 fully saturated rings. The summed E-state index contributed by atoms with van der Waals surface area (Å²) in [7, 11) is -4.67. The van der Waals surface area contributed by atoms with Crippen LogP contribution in [0.4, 0.5) is 43.7 Å². The van der Waals surface area contributed by atoms with Crippen molar-refractivity contribution in [2.24, 2.45) is 0 Å². The molecular weight excluding hydrogens is 596 g/mol. The molecule has 2 aromatic carbocycles. The van der Waals surface area contributed by atoms with Gasteiger partial charge in [-0.1, -0.05) is 6.07 Å². The van der Waals surface area contributed by atoms with E-state index in [2.05, 4.69) is 25.6 Å². The van der Waals surface area contributed by atoms with Crippen molar-refractivity contribution in [3.05, 3.63) is 95.4 Å². The number of amides is 1. The van der Waals surface area contributed by atoms with Gasteiger partial charge in [0.05, 0.1) is 16.8 Å². The summed E-state index contributed by atoms with van der Waals surface area (Å²) < 4.78 is 110. The molecule has 4 rings (SSSR count). The number of alkyl halides is 6. The van der Waals surface area contributed by atoms with Crippen molar-refractivity contribution < 1.29 is 48.7 Å². The van der Waals surface area contributed by atoms with Crippen molar-refractivity contribution in [3.8, 4) is 11.3 Å². The second-order valence-electron chi connectivity index (χ2n) is 8.36. The van der Waals surface area contributed by atoms with Crippen LogP contribution in [0.3, 0.4) is 0 Å². The number of nitrogens with one attached hydrogen (secondary N) is 2. The molecule has 0 atom stereocenters. The number of carbonyl (C=O) groups excluding carboxylic acids is 1. The van der Waals surface area contributed by atoms with Crippen LogP contribution in [0.2, 0.25) is 0 Å². The topological polar surface area (TPSA) is 154 Å². The summed E-state index contributed by atoms with van der Waals surface area (Å²) in [5.41, 5.74) is -1.29. The van der Waals surface area contributed by atoms with Gasteiger partial charge in [0, 0.05) is 41.1 Å². The van der Waals surface area contributed by atoms with Crippen molar-refractivity contribution in [1.82, 2.24) is 15.0 Å². The molecule has 42 heavy (non-hydrogen) atoms. The van der Waals surface area contributed by atoms with Gasteiger partial charge in [-0.05, 0) is 61.0 Å². The molecule has 10 nitrogen and oxygen atoms in total. The first-order valence-corrected chi connectivity index (χ1v) is 12.7. The molecule has 0 saturated heterocycles. The molecule has 0 bridgehead atoms. The summed E-state index contributed by atoms with van der Waals surface area (Å²) in [5, 5.41) is 5.35. The van der Waals surface area contributed by atoms with Crippen LogP contribution in [-0.2, 0) is 22.8 Å². The zero-order chi connectivity index (χ0) is 31.3. The SMILES string of the molecule is Cc1ccc(NC(=O)c2cc(C(F)(F)F)cc(C(F)(F)F)c2)cc1Nc1nccc(-c2cccnc2)n1.O=S(=O)(O)O. The fraction of sp³-hybridized carbons (Fsp3) is 0.120. The number of anilines is 3. The zero-order valence-electron chi connectivity index (χ0n) is 21.1. The van der Waals surface area contributed by atoms with E-state index in [4.69, 9.17) is 17.5 Å². The molecule has 222 valence electrons. The number of nitrogens with zero attached hydrogens (tertiary/aromatic N) is 3. The van der Waals surface area contributed by atoms with Crippen LogP contribution < -0.4 is 10.6 Å². The standard InChI is InChI=1S/C25H17F6N5O.H2O4S/c1-14-4-5-19(12-21(14)36-23-33-8-6-20(35-23)15-3-2-7-32-13-15)34-22(37)16-9-17(24(26,27)28)11-18(10-16)25(29,30)31;1-5(2,3)4/h2-13H,1H3,(H,34,37)(H,33,35,36);(H2,1,2,3,4). The molecule has 2 aromatic heterocycles. The summed E-state index contributed by atoms with van der Waals surface area (Å²) in [6, 6.07) is 10.5. The van der Waals surface area contributed by atoms with Crippen molar-refractivity contribution >= 4 is 33.6 Å². The normalized spacial score (nSPS) is 11.7. The van der Waals surface area contributed by atoms with Gasteiger partial charge in [-0.15, -0.1) is 0 Å². The molecule has 0 radical (unpaired) electrons. The molecular formula is C25H19F6N5O5S. The van der Waals surface area contributed by atoms with E-state index in [9.17, 15) is 31.1 Å². The van der Waals surface area contributed by atoms with Crippen LogP contribution in [0.1, 0.15) is 27.0 Å². The molecule has 1 amide bonds. The average molecular weight is 616 g/mol. The molecule has 0 spiro atoms. The lowest BCUT2D eigenvalue weighted by Crippen LogP contribution is -2.17. The number of rotatable bonds is 5. The second-order valence-corrected chi connectivity index (χ2v) is 9.25. The van der Waals surface area contributed by atoms with Crippen LogP contribution in [0, 0.1) is 6.92 Å². The highest BCUT2D eigenvalue weighted by Gasteiger charge is 2.37. The zero-order valence-corrected chi connectivity index (χ0v) is 21.9. The van der Waals surface area contributed by atoms with E-state index < -0.39 is 45.3 Å². The van der Waals surface area contributed by atoms with Gasteiger partial charge < -0.3 is 10.6 Å². The maximum atomic E-state index is 13.1. The maximum absolute atomic E-state index is 13.1. The van der Waals surface area contributed by atoms with Gasteiger partial charge >= 0.3 is 22.8 Å². The molecule has 0 aliphatic heterocycles. The lowest BCUT2D eigenvalue weighted by atomic mass is 10.0. The van der Waals surface area contributed by atoms with Crippen molar-refractivity contribution in [3.63, 3.8) is 0 Å². The Morgan fingerprint density at radius 3 is 2.05 bits per heavy atom. The van der Waals surface area contributed by atoms with Crippen molar-refractivity contribution in [2.45, 2.75) is 19.3 Å². The largest absolute Gasteiger partial charge is 0.416 e. The third-order valence-corrected chi connectivity index (χ3v) is 5.20. The predicted octanol–water partition coefficient (Wildman–Crippen LogP) is 6.23. The minimum atomic E-state index is -5.07. The number of pyridine rings is 1. The summed E-state index contributed by atoms with van der Waals surface area (Å²) >= 11 is 0. The van der Waals surface area contributed by atoms with E-state index in [1.807, 2.05) is 6.07 Å².